The van der Waals surface area contributed by atoms with Gasteiger partial charge in [0.15, 0.2) is 5.13 Å². The number of nitrogens with zero attached hydrogens (tertiary/aromatic N) is 3. The van der Waals surface area contributed by atoms with Gasteiger partial charge >= 0.3 is 0 Å². The van der Waals surface area contributed by atoms with Crippen molar-refractivity contribution in [3.8, 4) is 0 Å². The second-order valence-electron chi connectivity index (χ2n) is 6.03. The molecule has 0 aromatic carbocycles. The van der Waals surface area contributed by atoms with Gasteiger partial charge in [-0.05, 0) is 39.8 Å². The Labute approximate surface area is 119 Å². The van der Waals surface area contributed by atoms with Gasteiger partial charge in [0.2, 0.25) is 0 Å². The van der Waals surface area contributed by atoms with E-state index in [4.69, 9.17) is 4.98 Å². The quantitative estimate of drug-likeness (QED) is 0.863. The molecule has 1 aromatic heterocycles. The topological polar surface area (TPSA) is 31.4 Å². The lowest BCUT2D eigenvalue weighted by Crippen LogP contribution is -2.37. The van der Waals surface area contributed by atoms with Gasteiger partial charge in [0.25, 0.3) is 0 Å². The Morgan fingerprint density at radius 2 is 2.26 bits per heavy atom. The lowest BCUT2D eigenvalue weighted by atomic mass is 10.2. The Bertz CT molecular complexity index is 413. The van der Waals surface area contributed by atoms with Crippen molar-refractivity contribution >= 4 is 16.5 Å². The van der Waals surface area contributed by atoms with Gasteiger partial charge in [0.05, 0.1) is 5.69 Å². The number of likely N-dealkylation sites (N-methyl/N-ethyl adjacent to an activating group) is 1. The van der Waals surface area contributed by atoms with Crippen LogP contribution < -0.4 is 10.2 Å². The third-order valence-electron chi connectivity index (χ3n) is 3.89. The molecule has 1 aromatic rings. The summed E-state index contributed by atoms with van der Waals surface area (Å²) in [7, 11) is 4.31. The molecule has 1 atom stereocenters. The van der Waals surface area contributed by atoms with Gasteiger partial charge in [-0.2, -0.15) is 0 Å². The van der Waals surface area contributed by atoms with Crippen LogP contribution in [0.4, 0.5) is 5.13 Å². The molecule has 106 valence electrons. The van der Waals surface area contributed by atoms with Crippen molar-refractivity contribution in [2.75, 3.05) is 32.1 Å². The molecule has 2 fully saturated rings. The molecule has 0 spiro atoms. The summed E-state index contributed by atoms with van der Waals surface area (Å²) in [5.41, 5.74) is 1.21. The Hall–Kier alpha value is -0.650. The Kier molecular flexibility index (Phi) is 4.05. The summed E-state index contributed by atoms with van der Waals surface area (Å²) in [6, 6.07) is 1.41. The molecule has 3 rings (SSSR count). The van der Waals surface area contributed by atoms with E-state index < -0.39 is 0 Å². The predicted molar refractivity (Wildman–Crippen MR) is 80.9 cm³/mol. The molecular weight excluding hydrogens is 256 g/mol. The van der Waals surface area contributed by atoms with Crippen LogP contribution in [0.2, 0.25) is 0 Å². The molecule has 0 radical (unpaired) electrons. The van der Waals surface area contributed by atoms with Gasteiger partial charge in [-0.25, -0.2) is 4.98 Å². The van der Waals surface area contributed by atoms with E-state index in [9.17, 15) is 0 Å². The first-order valence-electron chi connectivity index (χ1n) is 7.31. The number of rotatable bonds is 6. The highest BCUT2D eigenvalue weighted by molar-refractivity contribution is 7.13. The van der Waals surface area contributed by atoms with Crippen molar-refractivity contribution in [1.29, 1.82) is 0 Å². The van der Waals surface area contributed by atoms with E-state index >= 15 is 0 Å². The summed E-state index contributed by atoms with van der Waals surface area (Å²) in [5, 5.41) is 6.98. The summed E-state index contributed by atoms with van der Waals surface area (Å²) in [6.07, 6.45) is 5.28. The second kappa shape index (κ2) is 5.77. The monoisotopic (exact) mass is 280 g/mol. The maximum Gasteiger partial charge on any atom is 0.185 e. The summed E-state index contributed by atoms with van der Waals surface area (Å²) in [4.78, 5) is 9.60. The fourth-order valence-corrected chi connectivity index (χ4v) is 3.67. The van der Waals surface area contributed by atoms with Crippen molar-refractivity contribution in [2.45, 2.75) is 44.3 Å². The Morgan fingerprint density at radius 1 is 1.42 bits per heavy atom. The van der Waals surface area contributed by atoms with Crippen molar-refractivity contribution in [2.24, 2.45) is 0 Å². The minimum atomic E-state index is 0.644. The lowest BCUT2D eigenvalue weighted by Gasteiger charge is -2.26. The first-order chi connectivity index (χ1) is 9.22. The molecule has 0 bridgehead atoms. The molecule has 2 aliphatic rings. The molecular formula is C14H24N4S. The lowest BCUT2D eigenvalue weighted by molar-refractivity contribution is 0.372. The minimum Gasteiger partial charge on any atom is -0.344 e. The fraction of sp³-hybridized carbons (Fsp3) is 0.786. The van der Waals surface area contributed by atoms with Crippen LogP contribution in [0.25, 0.3) is 0 Å². The van der Waals surface area contributed by atoms with E-state index in [0.29, 0.717) is 6.04 Å². The first-order valence-corrected chi connectivity index (χ1v) is 8.19. The Balaban J connectivity index is 1.60. The third kappa shape index (κ3) is 3.46. The van der Waals surface area contributed by atoms with Crippen molar-refractivity contribution < 1.29 is 0 Å². The maximum atomic E-state index is 4.81. The molecule has 1 aliphatic heterocycles. The van der Waals surface area contributed by atoms with Crippen LogP contribution in [0.15, 0.2) is 5.38 Å². The molecule has 1 saturated heterocycles. The summed E-state index contributed by atoms with van der Waals surface area (Å²) < 4.78 is 0. The number of anilines is 1. The van der Waals surface area contributed by atoms with E-state index in [-0.39, 0.29) is 0 Å². The molecule has 1 saturated carbocycles. The van der Waals surface area contributed by atoms with Crippen molar-refractivity contribution in [3.63, 3.8) is 0 Å². The molecule has 2 heterocycles. The number of thiazole rings is 1. The van der Waals surface area contributed by atoms with E-state index in [1.807, 2.05) is 0 Å². The molecule has 19 heavy (non-hydrogen) atoms. The molecule has 1 aliphatic carbocycles. The Morgan fingerprint density at radius 3 is 3.00 bits per heavy atom. The molecule has 1 unspecified atom stereocenters. The fourth-order valence-electron chi connectivity index (χ4n) is 2.74. The molecule has 4 nitrogen and oxygen atoms in total. The van der Waals surface area contributed by atoms with E-state index in [1.165, 1.54) is 43.1 Å². The number of nitrogens with one attached hydrogen (secondary N) is 1. The zero-order chi connectivity index (χ0) is 13.2. The molecule has 5 heteroatoms. The van der Waals surface area contributed by atoms with Gasteiger partial charge in [-0.3, -0.25) is 0 Å². The van der Waals surface area contributed by atoms with E-state index in [2.05, 4.69) is 34.6 Å². The third-order valence-corrected chi connectivity index (χ3v) is 4.81. The van der Waals surface area contributed by atoms with Gasteiger partial charge in [-0.15, -0.1) is 11.3 Å². The van der Waals surface area contributed by atoms with Crippen LogP contribution in [0.3, 0.4) is 0 Å². The summed E-state index contributed by atoms with van der Waals surface area (Å²) in [6.45, 7) is 3.24. The molecule has 1 N–H and O–H groups in total. The van der Waals surface area contributed by atoms with Crippen LogP contribution in [-0.4, -0.2) is 49.2 Å². The predicted octanol–water partition coefficient (Wildman–Crippen LogP) is 1.93. The standard InChI is InChI=1S/C14H24N4S/c1-17(2)9-13-4-3-7-18(13)14-16-12(10-19-14)8-15-11-5-6-11/h10-11,13,15H,3-9H2,1-2H3. The smallest absolute Gasteiger partial charge is 0.185 e. The zero-order valence-electron chi connectivity index (χ0n) is 11.9. The van der Waals surface area contributed by atoms with Gasteiger partial charge < -0.3 is 15.1 Å². The average molecular weight is 280 g/mol. The number of hydrogen-bond donors (Lipinski definition) is 1. The average Bonchev–Trinajstić information content (AvgIpc) is 2.89. The van der Waals surface area contributed by atoms with Crippen molar-refractivity contribution in [3.05, 3.63) is 11.1 Å². The van der Waals surface area contributed by atoms with Crippen LogP contribution in [-0.2, 0) is 6.54 Å². The van der Waals surface area contributed by atoms with Gasteiger partial charge in [0.1, 0.15) is 0 Å². The largest absolute Gasteiger partial charge is 0.344 e. The van der Waals surface area contributed by atoms with E-state index in [0.717, 1.165) is 19.1 Å². The highest BCUT2D eigenvalue weighted by Crippen LogP contribution is 2.29. The van der Waals surface area contributed by atoms with E-state index in [1.54, 1.807) is 11.3 Å². The zero-order valence-corrected chi connectivity index (χ0v) is 12.7. The van der Waals surface area contributed by atoms with Gasteiger partial charge in [0, 0.05) is 37.1 Å². The minimum absolute atomic E-state index is 0.644. The number of hydrogen-bond acceptors (Lipinski definition) is 5. The van der Waals surface area contributed by atoms with Crippen molar-refractivity contribution in [1.82, 2.24) is 15.2 Å². The summed E-state index contributed by atoms with van der Waals surface area (Å²) in [5.74, 6) is 0. The normalized spacial score (nSPS) is 23.5. The van der Waals surface area contributed by atoms with Crippen LogP contribution in [0.5, 0.6) is 0 Å². The maximum absolute atomic E-state index is 4.81. The first kappa shape index (κ1) is 13.3. The van der Waals surface area contributed by atoms with Crippen LogP contribution in [0.1, 0.15) is 31.4 Å². The summed E-state index contributed by atoms with van der Waals surface area (Å²) >= 11 is 1.81. The number of aromatic nitrogens is 1. The molecule has 0 amide bonds. The second-order valence-corrected chi connectivity index (χ2v) is 6.86. The SMILES string of the molecule is CN(C)CC1CCCN1c1nc(CNC2CC2)cs1. The van der Waals surface area contributed by atoms with Gasteiger partial charge in [-0.1, -0.05) is 0 Å². The van der Waals surface area contributed by atoms with Crippen LogP contribution >= 0.6 is 11.3 Å². The van der Waals surface area contributed by atoms with Crippen LogP contribution in [0, 0.1) is 0 Å². The highest BCUT2D eigenvalue weighted by atomic mass is 32.1. The highest BCUT2D eigenvalue weighted by Gasteiger charge is 2.27.